The van der Waals surface area contributed by atoms with Crippen molar-refractivity contribution in [1.29, 1.82) is 0 Å². The lowest BCUT2D eigenvalue weighted by Gasteiger charge is -2.35. The zero-order chi connectivity index (χ0) is 24.7. The normalized spacial score (nSPS) is 18.0. The van der Waals surface area contributed by atoms with Crippen molar-refractivity contribution in [2.24, 2.45) is 0 Å². The molecule has 2 aromatic rings. The predicted octanol–water partition coefficient (Wildman–Crippen LogP) is 3.97. The topological polar surface area (TPSA) is 91.6 Å². The summed E-state index contributed by atoms with van der Waals surface area (Å²) in [7, 11) is 0. The number of hydrogen-bond acceptors (Lipinski definition) is 4. The van der Waals surface area contributed by atoms with E-state index in [1.54, 1.807) is 19.9 Å². The molecule has 0 radical (unpaired) electrons. The second-order valence-corrected chi connectivity index (χ2v) is 8.94. The van der Waals surface area contributed by atoms with Crippen LogP contribution < -0.4 is 10.7 Å². The van der Waals surface area contributed by atoms with E-state index < -0.39 is 34.6 Å². The van der Waals surface area contributed by atoms with E-state index in [1.165, 1.54) is 21.7 Å². The minimum absolute atomic E-state index is 0.0309. The molecule has 0 saturated carbocycles. The van der Waals surface area contributed by atoms with Gasteiger partial charge in [-0.2, -0.15) is 0 Å². The number of halogens is 3. The maximum Gasteiger partial charge on any atom is 0.278 e. The van der Waals surface area contributed by atoms with E-state index in [0.29, 0.717) is 36.2 Å². The van der Waals surface area contributed by atoms with Crippen LogP contribution in [0.15, 0.2) is 51.6 Å². The highest BCUT2D eigenvalue weighted by Gasteiger charge is 2.38. The molecule has 2 bridgehead atoms. The standard InChI is InChI=1S/C24H22ClF2N3O4/c1-12(25)7-14-4-6-17-10-29(13(14)2)24(34)20-22(32)21(31)18(11-30(17)20)23(33)28-9-15-3-5-16(26)8-19(15)27/h3,5,7-8,11,17,32H,4,6,9-10H2,1-2H3,(H,28,33)/b12-7+/t17-/m1/s1. The summed E-state index contributed by atoms with van der Waals surface area (Å²) < 4.78 is 28.4. The van der Waals surface area contributed by atoms with Crippen LogP contribution in [0.3, 0.4) is 0 Å². The van der Waals surface area contributed by atoms with Gasteiger partial charge in [0.05, 0.1) is 6.04 Å². The number of aromatic hydroxyl groups is 1. The fraction of sp³-hybridized carbons (Fsp3) is 0.292. The van der Waals surface area contributed by atoms with E-state index in [-0.39, 0.29) is 29.4 Å². The number of nitrogens with zero attached hydrogens (tertiary/aromatic N) is 2. The van der Waals surface area contributed by atoms with Gasteiger partial charge >= 0.3 is 0 Å². The van der Waals surface area contributed by atoms with Gasteiger partial charge in [0.25, 0.3) is 11.8 Å². The van der Waals surface area contributed by atoms with Crippen LogP contribution in [0.1, 0.15) is 59.1 Å². The average molecular weight is 490 g/mol. The van der Waals surface area contributed by atoms with Crippen LogP contribution in [0, 0.1) is 11.6 Å². The van der Waals surface area contributed by atoms with Crippen molar-refractivity contribution in [1.82, 2.24) is 14.8 Å². The molecule has 2 aliphatic heterocycles. The van der Waals surface area contributed by atoms with Gasteiger partial charge in [-0.05, 0) is 44.4 Å². The molecule has 10 heteroatoms. The summed E-state index contributed by atoms with van der Waals surface area (Å²) >= 11 is 6.04. The van der Waals surface area contributed by atoms with Crippen LogP contribution in [-0.2, 0) is 6.54 Å². The first kappa shape index (κ1) is 23.7. The number of rotatable bonds is 4. The predicted molar refractivity (Wildman–Crippen MR) is 122 cm³/mol. The Morgan fingerprint density at radius 2 is 2.06 bits per heavy atom. The van der Waals surface area contributed by atoms with E-state index in [4.69, 9.17) is 11.6 Å². The molecule has 0 fully saturated rings. The quantitative estimate of drug-likeness (QED) is 0.680. The molecular formula is C24H22ClF2N3O4. The third-order valence-electron chi connectivity index (χ3n) is 6.13. The van der Waals surface area contributed by atoms with Gasteiger partial charge in [0.1, 0.15) is 17.2 Å². The van der Waals surface area contributed by atoms with E-state index in [0.717, 1.165) is 11.6 Å². The first-order chi connectivity index (χ1) is 16.1. The summed E-state index contributed by atoms with van der Waals surface area (Å²) in [5.74, 6) is -3.81. The van der Waals surface area contributed by atoms with Gasteiger partial charge in [0.15, 0.2) is 11.4 Å². The van der Waals surface area contributed by atoms with Crippen LogP contribution in [0.5, 0.6) is 5.75 Å². The summed E-state index contributed by atoms with van der Waals surface area (Å²) in [4.78, 5) is 40.2. The van der Waals surface area contributed by atoms with Crippen LogP contribution in [-0.4, -0.2) is 32.9 Å². The minimum atomic E-state index is -1.00. The smallest absolute Gasteiger partial charge is 0.278 e. The number of carbonyl (C=O) groups is 2. The zero-order valence-corrected chi connectivity index (χ0v) is 19.2. The molecule has 2 aliphatic rings. The number of carbonyl (C=O) groups excluding carboxylic acids is 2. The lowest BCUT2D eigenvalue weighted by molar-refractivity contribution is 0.0724. The molecule has 178 valence electrons. The van der Waals surface area contributed by atoms with Gasteiger partial charge in [0.2, 0.25) is 5.43 Å². The van der Waals surface area contributed by atoms with Crippen LogP contribution in [0.4, 0.5) is 8.78 Å². The molecule has 0 saturated heterocycles. The largest absolute Gasteiger partial charge is 0.503 e. The number of aromatic nitrogens is 1. The van der Waals surface area contributed by atoms with E-state index in [2.05, 4.69) is 5.32 Å². The summed E-state index contributed by atoms with van der Waals surface area (Å²) in [6, 6.07) is 2.64. The first-order valence-corrected chi connectivity index (χ1v) is 11.0. The van der Waals surface area contributed by atoms with Crippen molar-refractivity contribution in [3.05, 3.63) is 85.5 Å². The van der Waals surface area contributed by atoms with E-state index >= 15 is 0 Å². The molecule has 4 rings (SSSR count). The first-order valence-electron chi connectivity index (χ1n) is 10.6. The number of hydrogen-bond donors (Lipinski definition) is 2. The number of pyridine rings is 1. The van der Waals surface area contributed by atoms with Crippen molar-refractivity contribution >= 4 is 23.4 Å². The molecule has 1 atom stereocenters. The highest BCUT2D eigenvalue weighted by atomic mass is 35.5. The Balaban J connectivity index is 1.68. The molecule has 0 unspecified atom stereocenters. The van der Waals surface area contributed by atoms with Crippen molar-refractivity contribution in [3.63, 3.8) is 0 Å². The van der Waals surface area contributed by atoms with Crippen molar-refractivity contribution in [3.8, 4) is 5.75 Å². The summed E-state index contributed by atoms with van der Waals surface area (Å²) in [5, 5.41) is 13.6. The molecule has 1 aromatic heterocycles. The Hall–Kier alpha value is -3.46. The highest BCUT2D eigenvalue weighted by Crippen LogP contribution is 2.36. The van der Waals surface area contributed by atoms with Crippen LogP contribution in [0.25, 0.3) is 0 Å². The Labute approximate surface area is 198 Å². The maximum absolute atomic E-state index is 13.9. The number of amides is 2. The lowest BCUT2D eigenvalue weighted by Crippen LogP contribution is -2.43. The lowest BCUT2D eigenvalue weighted by atomic mass is 10.0. The Morgan fingerprint density at radius 3 is 2.74 bits per heavy atom. The van der Waals surface area contributed by atoms with Gasteiger partial charge in [-0.3, -0.25) is 14.4 Å². The summed E-state index contributed by atoms with van der Waals surface area (Å²) in [6.07, 6.45) is 4.22. The minimum Gasteiger partial charge on any atom is -0.503 e. The average Bonchev–Trinajstić information content (AvgIpc) is 2.91. The Morgan fingerprint density at radius 1 is 1.32 bits per heavy atom. The second-order valence-electron chi connectivity index (χ2n) is 8.34. The number of nitrogens with one attached hydrogen (secondary N) is 1. The molecule has 34 heavy (non-hydrogen) atoms. The second kappa shape index (κ2) is 9.06. The molecule has 0 spiro atoms. The van der Waals surface area contributed by atoms with Crippen LogP contribution >= 0.6 is 11.6 Å². The maximum atomic E-state index is 13.9. The van der Waals surface area contributed by atoms with Gasteiger partial charge in [0, 0.05) is 41.6 Å². The summed E-state index contributed by atoms with van der Waals surface area (Å²) in [6.45, 7) is 3.53. The number of benzene rings is 1. The molecule has 1 aromatic carbocycles. The Kier molecular flexibility index (Phi) is 6.31. The van der Waals surface area contributed by atoms with Crippen molar-refractivity contribution < 1.29 is 23.5 Å². The van der Waals surface area contributed by atoms with E-state index in [9.17, 15) is 28.3 Å². The molecule has 0 aliphatic carbocycles. The number of allylic oxidation sites excluding steroid dienone is 4. The van der Waals surface area contributed by atoms with Gasteiger partial charge in [-0.25, -0.2) is 8.78 Å². The summed E-state index contributed by atoms with van der Waals surface area (Å²) in [5.41, 5.74) is 0.0232. The third-order valence-corrected chi connectivity index (χ3v) is 6.24. The fourth-order valence-electron chi connectivity index (χ4n) is 4.34. The van der Waals surface area contributed by atoms with Crippen molar-refractivity contribution in [2.45, 2.75) is 39.3 Å². The van der Waals surface area contributed by atoms with Gasteiger partial charge in [-0.15, -0.1) is 0 Å². The molecular weight excluding hydrogens is 468 g/mol. The molecule has 2 N–H and O–H groups in total. The third kappa shape index (κ3) is 4.23. The number of fused-ring (bicyclic) bond motifs is 4. The van der Waals surface area contributed by atoms with Gasteiger partial charge in [-0.1, -0.05) is 17.7 Å². The Bertz CT molecular complexity index is 1330. The SMILES string of the molecule is CC1=C(/C=C(\C)Cl)CC[C@@H]2CN1C(=O)c1c(O)c(=O)c(C(=O)NCc3ccc(F)cc3F)cn12. The van der Waals surface area contributed by atoms with Gasteiger partial charge < -0.3 is 19.9 Å². The van der Waals surface area contributed by atoms with E-state index in [1.807, 2.05) is 0 Å². The van der Waals surface area contributed by atoms with Crippen molar-refractivity contribution in [2.75, 3.05) is 6.54 Å². The zero-order valence-electron chi connectivity index (χ0n) is 18.5. The van der Waals surface area contributed by atoms with Crippen LogP contribution in [0.2, 0.25) is 0 Å². The highest BCUT2D eigenvalue weighted by molar-refractivity contribution is 6.29. The molecule has 3 heterocycles. The molecule has 7 nitrogen and oxygen atoms in total. The molecule has 2 amide bonds. The monoisotopic (exact) mass is 489 g/mol. The fourth-order valence-corrected chi connectivity index (χ4v) is 4.47.